The third kappa shape index (κ3) is 3.33. The van der Waals surface area contributed by atoms with E-state index in [9.17, 15) is 0 Å². The van der Waals surface area contributed by atoms with Crippen LogP contribution in [0, 0.1) is 0 Å². The van der Waals surface area contributed by atoms with E-state index in [1.807, 2.05) is 18.2 Å². The Morgan fingerprint density at radius 3 is 2.71 bits per heavy atom. The molecule has 0 fully saturated rings. The van der Waals surface area contributed by atoms with Crippen LogP contribution in [0.1, 0.15) is 5.56 Å². The molecule has 7 nitrogen and oxygen atoms in total. The van der Waals surface area contributed by atoms with Crippen LogP contribution in [0.15, 0.2) is 49.1 Å². The molecule has 0 aliphatic rings. The summed E-state index contributed by atoms with van der Waals surface area (Å²) >= 11 is 0. The smallest absolute Gasteiger partial charge is 0.241 e. The number of nitrogens with one attached hydrogen (secondary N) is 1. The maximum absolute atomic E-state index is 5.71. The minimum absolute atomic E-state index is 0.177. The summed E-state index contributed by atoms with van der Waals surface area (Å²) in [6.07, 6.45) is 5.90. The summed E-state index contributed by atoms with van der Waals surface area (Å²) in [5.74, 6) is 1.08. The lowest BCUT2D eigenvalue weighted by Crippen LogP contribution is -2.12. The lowest BCUT2D eigenvalue weighted by Gasteiger charge is -2.07. The Hall–Kier alpha value is -2.96. The number of hydrogen-bond donors (Lipinski definition) is 2. The molecule has 0 aliphatic carbocycles. The largest absolute Gasteiger partial charge is 0.368 e. The van der Waals surface area contributed by atoms with Gasteiger partial charge in [-0.25, -0.2) is 4.98 Å². The average Bonchev–Trinajstić information content (AvgIpc) is 3.02. The third-order valence-corrected chi connectivity index (χ3v) is 2.92. The van der Waals surface area contributed by atoms with Gasteiger partial charge in [-0.15, -0.1) is 0 Å². The van der Waals surface area contributed by atoms with Crippen LogP contribution in [-0.4, -0.2) is 31.0 Å². The van der Waals surface area contributed by atoms with Crippen molar-refractivity contribution >= 4 is 11.9 Å². The third-order valence-electron chi connectivity index (χ3n) is 2.92. The van der Waals surface area contributed by atoms with Crippen LogP contribution in [0.25, 0.3) is 5.95 Å². The second kappa shape index (κ2) is 6.00. The minimum atomic E-state index is 0.177. The highest BCUT2D eigenvalue weighted by molar-refractivity contribution is 5.35. The molecule has 0 saturated carbocycles. The van der Waals surface area contributed by atoms with Gasteiger partial charge in [0.05, 0.1) is 0 Å². The van der Waals surface area contributed by atoms with Crippen LogP contribution in [-0.2, 0) is 6.42 Å². The zero-order valence-corrected chi connectivity index (χ0v) is 11.3. The van der Waals surface area contributed by atoms with E-state index in [-0.39, 0.29) is 5.95 Å². The van der Waals surface area contributed by atoms with E-state index in [2.05, 4.69) is 37.4 Å². The second-order valence-corrected chi connectivity index (χ2v) is 4.45. The average molecular weight is 281 g/mol. The molecule has 1 aromatic carbocycles. The van der Waals surface area contributed by atoms with Gasteiger partial charge < -0.3 is 11.1 Å². The SMILES string of the molecule is Nc1nc(NCCc2ccccc2)nc(-n2ccnc2)n1. The number of hydrogen-bond acceptors (Lipinski definition) is 6. The molecular formula is C14H15N7. The van der Waals surface area contributed by atoms with Crippen molar-refractivity contribution in [1.29, 1.82) is 0 Å². The highest BCUT2D eigenvalue weighted by Gasteiger charge is 2.05. The molecule has 0 radical (unpaired) electrons. The number of benzene rings is 1. The van der Waals surface area contributed by atoms with Crippen LogP contribution in [0.4, 0.5) is 11.9 Å². The zero-order chi connectivity index (χ0) is 14.5. The van der Waals surface area contributed by atoms with E-state index in [0.29, 0.717) is 11.9 Å². The fraction of sp³-hybridized carbons (Fsp3) is 0.143. The number of rotatable bonds is 5. The van der Waals surface area contributed by atoms with Crippen LogP contribution in [0.5, 0.6) is 0 Å². The molecule has 0 saturated heterocycles. The van der Waals surface area contributed by atoms with Crippen molar-refractivity contribution in [1.82, 2.24) is 24.5 Å². The van der Waals surface area contributed by atoms with Gasteiger partial charge in [0, 0.05) is 18.9 Å². The van der Waals surface area contributed by atoms with Crippen molar-refractivity contribution < 1.29 is 0 Å². The molecule has 0 amide bonds. The maximum atomic E-state index is 5.71. The first-order valence-corrected chi connectivity index (χ1v) is 6.59. The number of aromatic nitrogens is 5. The standard InChI is InChI=1S/C14H15N7/c15-12-18-13(17-7-6-11-4-2-1-3-5-11)20-14(19-12)21-9-8-16-10-21/h1-5,8-10H,6-7H2,(H3,15,17,18,19,20). The topological polar surface area (TPSA) is 94.5 Å². The van der Waals surface area contributed by atoms with E-state index < -0.39 is 0 Å². The molecule has 106 valence electrons. The number of imidazole rings is 1. The highest BCUT2D eigenvalue weighted by Crippen LogP contribution is 2.07. The Bertz CT molecular complexity index is 695. The molecule has 0 spiro atoms. The van der Waals surface area contributed by atoms with Gasteiger partial charge >= 0.3 is 0 Å². The second-order valence-electron chi connectivity index (χ2n) is 4.45. The molecular weight excluding hydrogens is 266 g/mol. The summed E-state index contributed by atoms with van der Waals surface area (Å²) in [5.41, 5.74) is 6.96. The first kappa shape index (κ1) is 13.0. The van der Waals surface area contributed by atoms with Gasteiger partial charge in [0.2, 0.25) is 17.8 Å². The Morgan fingerprint density at radius 2 is 1.95 bits per heavy atom. The molecule has 2 heterocycles. The molecule has 2 aromatic heterocycles. The van der Waals surface area contributed by atoms with Crippen LogP contribution < -0.4 is 11.1 Å². The Balaban J connectivity index is 1.68. The minimum Gasteiger partial charge on any atom is -0.368 e. The quantitative estimate of drug-likeness (QED) is 0.732. The lowest BCUT2D eigenvalue weighted by atomic mass is 10.1. The number of nitrogen functional groups attached to an aromatic ring is 1. The summed E-state index contributed by atoms with van der Waals surface area (Å²) in [5, 5.41) is 3.16. The van der Waals surface area contributed by atoms with Gasteiger partial charge in [-0.05, 0) is 12.0 Å². The van der Waals surface area contributed by atoms with Crippen LogP contribution in [0.3, 0.4) is 0 Å². The van der Waals surface area contributed by atoms with Crippen molar-refractivity contribution in [2.45, 2.75) is 6.42 Å². The predicted octanol–water partition coefficient (Wildman–Crippen LogP) is 1.29. The highest BCUT2D eigenvalue weighted by atomic mass is 15.3. The van der Waals surface area contributed by atoms with Crippen molar-refractivity contribution in [3.63, 3.8) is 0 Å². The van der Waals surface area contributed by atoms with Gasteiger partial charge in [-0.3, -0.25) is 4.57 Å². The molecule has 3 aromatic rings. The normalized spacial score (nSPS) is 10.5. The fourth-order valence-electron chi connectivity index (χ4n) is 1.92. The maximum Gasteiger partial charge on any atom is 0.241 e. The molecule has 0 unspecified atom stereocenters. The molecule has 0 bridgehead atoms. The van der Waals surface area contributed by atoms with Crippen molar-refractivity contribution in [2.24, 2.45) is 0 Å². The fourth-order valence-corrected chi connectivity index (χ4v) is 1.92. The molecule has 21 heavy (non-hydrogen) atoms. The van der Waals surface area contributed by atoms with E-state index in [1.165, 1.54) is 5.56 Å². The van der Waals surface area contributed by atoms with Crippen molar-refractivity contribution in [3.05, 3.63) is 54.6 Å². The van der Waals surface area contributed by atoms with Crippen molar-refractivity contribution in [3.8, 4) is 5.95 Å². The first-order valence-electron chi connectivity index (χ1n) is 6.59. The summed E-state index contributed by atoms with van der Waals surface area (Å²) < 4.78 is 1.68. The van der Waals surface area contributed by atoms with Crippen LogP contribution in [0.2, 0.25) is 0 Å². The molecule has 0 aliphatic heterocycles. The Kier molecular flexibility index (Phi) is 3.72. The number of nitrogens with zero attached hydrogens (tertiary/aromatic N) is 5. The molecule has 3 rings (SSSR count). The summed E-state index contributed by atoms with van der Waals surface area (Å²) in [6, 6.07) is 10.2. The number of nitrogens with two attached hydrogens (primary N) is 1. The van der Waals surface area contributed by atoms with Gasteiger partial charge in [-0.2, -0.15) is 15.0 Å². The van der Waals surface area contributed by atoms with Gasteiger partial charge in [0.1, 0.15) is 6.33 Å². The van der Waals surface area contributed by atoms with E-state index in [0.717, 1.165) is 13.0 Å². The summed E-state index contributed by atoms with van der Waals surface area (Å²) in [7, 11) is 0. The van der Waals surface area contributed by atoms with Gasteiger partial charge in [-0.1, -0.05) is 30.3 Å². The van der Waals surface area contributed by atoms with Gasteiger partial charge in [0.15, 0.2) is 0 Å². The van der Waals surface area contributed by atoms with Gasteiger partial charge in [0.25, 0.3) is 0 Å². The lowest BCUT2D eigenvalue weighted by molar-refractivity contribution is 0.890. The van der Waals surface area contributed by atoms with E-state index in [4.69, 9.17) is 5.73 Å². The molecule has 0 atom stereocenters. The first-order chi connectivity index (χ1) is 10.3. The van der Waals surface area contributed by atoms with Crippen molar-refractivity contribution in [2.75, 3.05) is 17.6 Å². The zero-order valence-electron chi connectivity index (χ0n) is 11.3. The summed E-state index contributed by atoms with van der Waals surface area (Å²) in [4.78, 5) is 16.4. The molecule has 7 heteroatoms. The van der Waals surface area contributed by atoms with E-state index in [1.54, 1.807) is 23.3 Å². The van der Waals surface area contributed by atoms with E-state index >= 15 is 0 Å². The predicted molar refractivity (Wildman–Crippen MR) is 80.0 cm³/mol. The van der Waals surface area contributed by atoms with Crippen LogP contribution >= 0.6 is 0 Å². The Morgan fingerprint density at radius 1 is 1.10 bits per heavy atom. The monoisotopic (exact) mass is 281 g/mol. The summed E-state index contributed by atoms with van der Waals surface area (Å²) in [6.45, 7) is 0.719. The number of anilines is 2. The molecule has 3 N–H and O–H groups in total. The Labute approximate surface area is 121 Å².